The number of nitrogens with one attached hydrogen (secondary N) is 1. The summed E-state index contributed by atoms with van der Waals surface area (Å²) >= 11 is 1.72. The Labute approximate surface area is 162 Å². The first-order chi connectivity index (χ1) is 13.0. The lowest BCUT2D eigenvalue weighted by Crippen LogP contribution is -2.31. The smallest absolute Gasteiger partial charge is 0.168 e. The summed E-state index contributed by atoms with van der Waals surface area (Å²) in [7, 11) is 0. The fourth-order valence-electron chi connectivity index (χ4n) is 4.01. The lowest BCUT2D eigenvalue weighted by atomic mass is 9.94. The zero-order valence-corrected chi connectivity index (χ0v) is 16.9. The van der Waals surface area contributed by atoms with Crippen molar-refractivity contribution in [1.82, 2.24) is 24.9 Å². The molecule has 0 aromatic carbocycles. The van der Waals surface area contributed by atoms with Gasteiger partial charge in [0, 0.05) is 24.4 Å². The maximum absolute atomic E-state index is 5.99. The molecule has 0 radical (unpaired) electrons. The molecule has 2 aliphatic heterocycles. The molecule has 1 saturated heterocycles. The van der Waals surface area contributed by atoms with Crippen molar-refractivity contribution >= 4 is 27.2 Å². The van der Waals surface area contributed by atoms with Gasteiger partial charge in [0.25, 0.3) is 0 Å². The van der Waals surface area contributed by atoms with Crippen LogP contribution in [-0.2, 0) is 29.0 Å². The second-order valence-electron chi connectivity index (χ2n) is 8.10. The van der Waals surface area contributed by atoms with Gasteiger partial charge in [0.15, 0.2) is 11.5 Å². The van der Waals surface area contributed by atoms with Gasteiger partial charge in [-0.15, -0.1) is 16.4 Å². The summed E-state index contributed by atoms with van der Waals surface area (Å²) in [6, 6.07) is 0. The Hall–Kier alpha value is -1.61. The lowest BCUT2D eigenvalue weighted by molar-refractivity contribution is -0.0379. The minimum atomic E-state index is -0.158. The van der Waals surface area contributed by atoms with Crippen molar-refractivity contribution < 1.29 is 9.47 Å². The summed E-state index contributed by atoms with van der Waals surface area (Å²) < 4.78 is 13.5. The summed E-state index contributed by atoms with van der Waals surface area (Å²) in [4.78, 5) is 12.0. The normalized spacial score (nSPS) is 22.0. The van der Waals surface area contributed by atoms with Crippen molar-refractivity contribution in [2.45, 2.75) is 64.9 Å². The Bertz CT molecular complexity index is 1000. The first-order valence-corrected chi connectivity index (χ1v) is 10.4. The van der Waals surface area contributed by atoms with Gasteiger partial charge in [0.05, 0.1) is 30.2 Å². The molecule has 3 aromatic rings. The molecule has 5 heterocycles. The van der Waals surface area contributed by atoms with E-state index in [9.17, 15) is 0 Å². The summed E-state index contributed by atoms with van der Waals surface area (Å²) in [6.07, 6.45) is 3.49. The average molecular weight is 388 g/mol. The molecule has 7 nitrogen and oxygen atoms in total. The van der Waals surface area contributed by atoms with Crippen molar-refractivity contribution in [3.63, 3.8) is 0 Å². The number of thiophene rings is 1. The van der Waals surface area contributed by atoms with Crippen molar-refractivity contribution in [2.75, 3.05) is 13.2 Å². The first kappa shape index (κ1) is 17.5. The summed E-state index contributed by atoms with van der Waals surface area (Å²) in [5.41, 5.74) is 2.09. The Morgan fingerprint density at radius 1 is 1.33 bits per heavy atom. The van der Waals surface area contributed by atoms with Crippen molar-refractivity contribution in [1.29, 1.82) is 0 Å². The van der Waals surface area contributed by atoms with E-state index in [2.05, 4.69) is 19.2 Å². The van der Waals surface area contributed by atoms with Gasteiger partial charge >= 0.3 is 0 Å². The quantitative estimate of drug-likeness (QED) is 0.742. The van der Waals surface area contributed by atoms with E-state index in [1.54, 1.807) is 11.3 Å². The number of nitrogens with zero attached hydrogens (tertiary/aromatic N) is 4. The zero-order chi connectivity index (χ0) is 18.6. The van der Waals surface area contributed by atoms with Crippen LogP contribution < -0.4 is 5.32 Å². The molecule has 144 valence electrons. The molecule has 8 heteroatoms. The van der Waals surface area contributed by atoms with Gasteiger partial charge in [-0.05, 0) is 39.2 Å². The highest BCUT2D eigenvalue weighted by Crippen LogP contribution is 2.39. The molecule has 1 fully saturated rings. The molecule has 1 N–H and O–H groups in total. The van der Waals surface area contributed by atoms with E-state index in [-0.39, 0.29) is 5.60 Å². The topological polar surface area (TPSA) is 73.6 Å². The fourth-order valence-corrected chi connectivity index (χ4v) is 5.15. The molecule has 27 heavy (non-hydrogen) atoms. The molecular weight excluding hydrogens is 362 g/mol. The molecule has 0 spiro atoms. The van der Waals surface area contributed by atoms with E-state index in [0.29, 0.717) is 19.3 Å². The van der Waals surface area contributed by atoms with Crippen molar-refractivity contribution in [2.24, 2.45) is 0 Å². The van der Waals surface area contributed by atoms with Crippen molar-refractivity contribution in [3.05, 3.63) is 22.1 Å². The standard InChI is InChI=1S/C19H25N5O2S/c1-11-21-18-16(13-7-19(2,3)26-10-14(13)27-18)17-22-15(23-24(11)17)9-20-8-12-5-4-6-25-12/h12,20H,4-10H2,1-3H3/t12-/m1/s1. The fraction of sp³-hybridized carbons (Fsp3) is 0.632. The number of aryl methyl sites for hydroxylation is 1. The molecule has 2 aliphatic rings. The van der Waals surface area contributed by atoms with Crippen LogP contribution in [0.4, 0.5) is 0 Å². The van der Waals surface area contributed by atoms with Gasteiger partial charge in [-0.3, -0.25) is 0 Å². The number of hydrogen-bond donors (Lipinski definition) is 1. The van der Waals surface area contributed by atoms with Gasteiger partial charge in [-0.25, -0.2) is 9.97 Å². The number of hydrogen-bond acceptors (Lipinski definition) is 7. The van der Waals surface area contributed by atoms with Gasteiger partial charge in [-0.2, -0.15) is 4.52 Å². The summed E-state index contributed by atoms with van der Waals surface area (Å²) in [6.45, 7) is 9.30. The minimum Gasteiger partial charge on any atom is -0.377 e. The third-order valence-electron chi connectivity index (χ3n) is 5.39. The van der Waals surface area contributed by atoms with Crippen LogP contribution in [0.1, 0.15) is 48.8 Å². The van der Waals surface area contributed by atoms with Crippen LogP contribution >= 0.6 is 11.3 Å². The number of aromatic nitrogens is 4. The van der Waals surface area contributed by atoms with E-state index in [4.69, 9.17) is 24.5 Å². The first-order valence-electron chi connectivity index (χ1n) is 9.63. The predicted molar refractivity (Wildman–Crippen MR) is 104 cm³/mol. The largest absolute Gasteiger partial charge is 0.377 e. The third-order valence-corrected chi connectivity index (χ3v) is 6.49. The second kappa shape index (κ2) is 6.48. The third kappa shape index (κ3) is 3.14. The number of rotatable bonds is 4. The van der Waals surface area contributed by atoms with Gasteiger partial charge < -0.3 is 14.8 Å². The van der Waals surface area contributed by atoms with Crippen LogP contribution in [0.2, 0.25) is 0 Å². The van der Waals surface area contributed by atoms with E-state index in [1.165, 1.54) is 10.4 Å². The van der Waals surface area contributed by atoms with Gasteiger partial charge in [0.2, 0.25) is 0 Å². The molecule has 0 saturated carbocycles. The second-order valence-corrected chi connectivity index (χ2v) is 9.18. The van der Waals surface area contributed by atoms with Crippen molar-refractivity contribution in [3.8, 4) is 0 Å². The zero-order valence-electron chi connectivity index (χ0n) is 16.0. The average Bonchev–Trinajstić information content (AvgIpc) is 3.32. The molecule has 1 atom stereocenters. The van der Waals surface area contributed by atoms with Crippen LogP contribution in [0.15, 0.2) is 0 Å². The molecule has 0 aliphatic carbocycles. The van der Waals surface area contributed by atoms with E-state index in [1.807, 2.05) is 11.4 Å². The summed E-state index contributed by atoms with van der Waals surface area (Å²) in [5.74, 6) is 1.67. The molecule has 0 amide bonds. The number of ether oxygens (including phenoxy) is 2. The molecular formula is C19H25N5O2S. The Morgan fingerprint density at radius 3 is 3.04 bits per heavy atom. The number of fused-ring (bicyclic) bond motifs is 5. The highest BCUT2D eigenvalue weighted by Gasteiger charge is 2.31. The monoisotopic (exact) mass is 387 g/mol. The lowest BCUT2D eigenvalue weighted by Gasteiger charge is -2.30. The van der Waals surface area contributed by atoms with Gasteiger partial charge in [0.1, 0.15) is 10.7 Å². The minimum absolute atomic E-state index is 0.158. The van der Waals surface area contributed by atoms with E-state index < -0.39 is 0 Å². The van der Waals surface area contributed by atoms with Crippen LogP contribution in [0.25, 0.3) is 15.9 Å². The maximum atomic E-state index is 5.99. The van der Waals surface area contributed by atoms with Crippen LogP contribution in [0.3, 0.4) is 0 Å². The Morgan fingerprint density at radius 2 is 2.22 bits per heavy atom. The SMILES string of the molecule is Cc1nc2sc3c(c2c2nc(CNC[C@H]4CCCO4)nn12)CC(C)(C)OC3. The van der Waals surface area contributed by atoms with Crippen LogP contribution in [-0.4, -0.2) is 44.4 Å². The summed E-state index contributed by atoms with van der Waals surface area (Å²) in [5, 5.41) is 9.29. The molecule has 3 aromatic heterocycles. The Balaban J connectivity index is 1.50. The highest BCUT2D eigenvalue weighted by atomic mass is 32.1. The van der Waals surface area contributed by atoms with Crippen LogP contribution in [0, 0.1) is 6.92 Å². The van der Waals surface area contributed by atoms with Gasteiger partial charge in [-0.1, -0.05) is 0 Å². The highest BCUT2D eigenvalue weighted by molar-refractivity contribution is 7.19. The van der Waals surface area contributed by atoms with Crippen LogP contribution in [0.5, 0.6) is 0 Å². The predicted octanol–water partition coefficient (Wildman–Crippen LogP) is 2.77. The van der Waals surface area contributed by atoms with E-state index in [0.717, 1.165) is 59.9 Å². The Kier molecular flexibility index (Phi) is 4.19. The molecule has 0 bridgehead atoms. The molecule has 5 rings (SSSR count). The van der Waals surface area contributed by atoms with E-state index >= 15 is 0 Å². The molecule has 0 unspecified atom stereocenters. The maximum Gasteiger partial charge on any atom is 0.168 e.